The molecule has 26 nitrogen and oxygen atoms in total. The van der Waals surface area contributed by atoms with E-state index in [1.54, 1.807) is 0 Å². The van der Waals surface area contributed by atoms with Gasteiger partial charge in [0, 0.05) is 37.6 Å². The lowest BCUT2D eigenvalue weighted by molar-refractivity contribution is 0.0991. The second-order valence-electron chi connectivity index (χ2n) is 12.7. The van der Waals surface area contributed by atoms with Gasteiger partial charge in [-0.15, -0.1) is 0 Å². The lowest BCUT2D eigenvalue weighted by Gasteiger charge is -2.15. The molecule has 0 aliphatic heterocycles. The van der Waals surface area contributed by atoms with Crippen LogP contribution in [0.5, 0.6) is 0 Å². The van der Waals surface area contributed by atoms with Crippen molar-refractivity contribution in [1.82, 2.24) is 35.4 Å². The Balaban J connectivity index is 1.63. The number of aliphatic hydroxyl groups excluding tert-OH is 5. The number of nitrogens with zero attached hydrogens (tertiary/aromatic N) is 6. The number of aromatic nitrogens is 6. The Hall–Kier alpha value is -5.34. The van der Waals surface area contributed by atoms with Gasteiger partial charge >= 0.3 is 0 Å². The highest BCUT2D eigenvalue weighted by molar-refractivity contribution is 7.86. The molecule has 340 valence electrons. The van der Waals surface area contributed by atoms with Crippen LogP contribution in [0.3, 0.4) is 0 Å². The van der Waals surface area contributed by atoms with Crippen LogP contribution in [0.25, 0.3) is 12.2 Å². The molecule has 0 aliphatic rings. The molecule has 0 saturated heterocycles. The highest BCUT2D eigenvalue weighted by Crippen LogP contribution is 2.28. The molecule has 0 saturated carbocycles. The molecule has 2 atom stereocenters. The van der Waals surface area contributed by atoms with E-state index in [0.29, 0.717) is 0 Å². The van der Waals surface area contributed by atoms with E-state index < -0.39 is 55.3 Å². The number of rotatable bonds is 28. The van der Waals surface area contributed by atoms with Crippen molar-refractivity contribution >= 4 is 73.5 Å². The van der Waals surface area contributed by atoms with Crippen LogP contribution in [-0.4, -0.2) is 172 Å². The van der Waals surface area contributed by atoms with Crippen molar-refractivity contribution in [1.29, 1.82) is 0 Å². The summed E-state index contributed by atoms with van der Waals surface area (Å²) >= 11 is 0. The molecule has 28 heteroatoms. The number of aliphatic hydroxyl groups is 5. The molecule has 2 aromatic heterocycles. The summed E-state index contributed by atoms with van der Waals surface area (Å²) in [6.07, 6.45) is 1.23. The van der Waals surface area contributed by atoms with Crippen LogP contribution >= 0.6 is 0 Å². The van der Waals surface area contributed by atoms with Crippen molar-refractivity contribution in [2.45, 2.75) is 21.8 Å². The zero-order valence-corrected chi connectivity index (χ0v) is 34.4. The van der Waals surface area contributed by atoms with Crippen molar-refractivity contribution in [3.05, 3.63) is 53.3 Å². The first kappa shape index (κ1) is 49.3. The van der Waals surface area contributed by atoms with Gasteiger partial charge in [-0.25, -0.2) is 5.48 Å². The molecule has 2 aromatic carbocycles. The summed E-state index contributed by atoms with van der Waals surface area (Å²) in [6.45, 7) is -0.633. The Bertz CT molecular complexity index is 2310. The van der Waals surface area contributed by atoms with Crippen LogP contribution in [0.2, 0.25) is 0 Å². The normalized spacial score (nSPS) is 12.9. The molecule has 0 aliphatic carbocycles. The second kappa shape index (κ2) is 24.3. The van der Waals surface area contributed by atoms with Gasteiger partial charge < -0.3 is 66.8 Å². The van der Waals surface area contributed by atoms with Crippen LogP contribution in [0, 0.1) is 0 Å². The van der Waals surface area contributed by atoms with E-state index in [-0.39, 0.29) is 124 Å². The van der Waals surface area contributed by atoms with Gasteiger partial charge in [0.25, 0.3) is 20.2 Å². The fourth-order valence-corrected chi connectivity index (χ4v) is 6.53. The maximum atomic E-state index is 12.6. The van der Waals surface area contributed by atoms with Gasteiger partial charge in [0.15, 0.2) is 0 Å². The summed E-state index contributed by atoms with van der Waals surface area (Å²) in [5.74, 6) is -0.977. The molecular formula is C34H48N12O14S2. The topological polar surface area (TPSA) is 398 Å². The molecule has 0 spiro atoms. The van der Waals surface area contributed by atoms with Crippen LogP contribution in [0.15, 0.2) is 46.2 Å². The molecule has 14 N–H and O–H groups in total. The Morgan fingerprint density at radius 1 is 0.597 bits per heavy atom. The number of hydrogen-bond acceptors (Lipinski definition) is 24. The van der Waals surface area contributed by atoms with Crippen molar-refractivity contribution in [2.75, 3.05) is 106 Å². The van der Waals surface area contributed by atoms with Gasteiger partial charge in [0.05, 0.1) is 64.9 Å². The Morgan fingerprint density at radius 2 is 1.05 bits per heavy atom. The molecule has 4 rings (SSSR count). The SMILES string of the molecule is O=S(=O)(O)c1cc(Nc2nc(NCCOCCO)nc(NCC(O)CO)n2)ccc1C=Cc1ccc(Nc2nc(NCCOCCO)nc(C(CO)CNO)n2)cc1S(=O)(=O)O. The average Bonchev–Trinajstić information content (AvgIpc) is 3.23. The third-order valence-electron chi connectivity index (χ3n) is 7.99. The van der Waals surface area contributed by atoms with Crippen molar-refractivity contribution in [3.63, 3.8) is 0 Å². The zero-order chi connectivity index (χ0) is 45.1. The molecule has 62 heavy (non-hydrogen) atoms. The molecule has 0 radical (unpaired) electrons. The Morgan fingerprint density at radius 3 is 1.50 bits per heavy atom. The summed E-state index contributed by atoms with van der Waals surface area (Å²) in [4.78, 5) is 24.2. The molecular weight excluding hydrogens is 865 g/mol. The van der Waals surface area contributed by atoms with Gasteiger partial charge in [-0.3, -0.25) is 9.11 Å². The highest BCUT2D eigenvalue weighted by Gasteiger charge is 2.21. The molecule has 0 fully saturated rings. The summed E-state index contributed by atoms with van der Waals surface area (Å²) in [7, 11) is -9.85. The number of benzene rings is 2. The second-order valence-corrected chi connectivity index (χ2v) is 15.5. The predicted molar refractivity (Wildman–Crippen MR) is 222 cm³/mol. The Kier molecular flexibility index (Phi) is 19.4. The molecule has 0 amide bonds. The van der Waals surface area contributed by atoms with Gasteiger partial charge in [0.1, 0.15) is 15.6 Å². The first-order valence-electron chi connectivity index (χ1n) is 18.5. The zero-order valence-electron chi connectivity index (χ0n) is 32.8. The fourth-order valence-electron chi connectivity index (χ4n) is 5.11. The fraction of sp³-hybridized carbons (Fsp3) is 0.412. The largest absolute Gasteiger partial charge is 0.396 e. The summed E-state index contributed by atoms with van der Waals surface area (Å²) in [5.41, 5.74) is 1.88. The van der Waals surface area contributed by atoms with Crippen LogP contribution < -0.4 is 32.1 Å². The van der Waals surface area contributed by atoms with E-state index in [1.165, 1.54) is 36.4 Å². The monoisotopic (exact) mass is 912 g/mol. The van der Waals surface area contributed by atoms with E-state index in [4.69, 9.17) is 19.7 Å². The van der Waals surface area contributed by atoms with Gasteiger partial charge in [-0.1, -0.05) is 24.3 Å². The van der Waals surface area contributed by atoms with E-state index in [2.05, 4.69) is 56.5 Å². The summed E-state index contributed by atoms with van der Waals surface area (Å²) in [5, 5.41) is 70.0. The van der Waals surface area contributed by atoms with Gasteiger partial charge in [-0.05, 0) is 35.4 Å². The lowest BCUT2D eigenvalue weighted by atomic mass is 10.1. The molecule has 0 bridgehead atoms. The number of nitrogens with one attached hydrogen (secondary N) is 6. The molecule has 4 aromatic rings. The maximum absolute atomic E-state index is 12.6. The molecule has 2 unspecified atom stereocenters. The lowest BCUT2D eigenvalue weighted by Crippen LogP contribution is -2.24. The maximum Gasteiger partial charge on any atom is 0.295 e. The predicted octanol–water partition coefficient (Wildman–Crippen LogP) is -1.13. The van der Waals surface area contributed by atoms with E-state index >= 15 is 0 Å². The Labute approximate surface area is 355 Å². The number of anilines is 7. The summed E-state index contributed by atoms with van der Waals surface area (Å²) < 4.78 is 81.2. The number of hydroxylamine groups is 1. The third kappa shape index (κ3) is 15.8. The average molecular weight is 913 g/mol. The first-order chi connectivity index (χ1) is 29.7. The van der Waals surface area contributed by atoms with Crippen LogP contribution in [0.1, 0.15) is 22.9 Å². The van der Waals surface area contributed by atoms with Gasteiger partial charge in [0.2, 0.25) is 29.7 Å². The van der Waals surface area contributed by atoms with E-state index in [1.807, 2.05) is 5.48 Å². The van der Waals surface area contributed by atoms with E-state index in [9.17, 15) is 46.5 Å². The van der Waals surface area contributed by atoms with E-state index in [0.717, 1.165) is 12.1 Å². The standard InChI is InChI=1S/C34H48N12O14S2/c47-9-13-59-11-7-35-30-41-29(23(19-49)17-38-52)42-33(44-30)39-24-5-3-21(27(15-24)61(53,54)55)1-2-22-4-6-25(16-28(22)62(56,57)58)40-34-45-31(36-8-12-60-14-10-48)43-32(46-34)37-18-26(51)20-50/h1-6,15-16,23,26,38,47-52H,7-14,17-20H2,(H,53,54,55)(H,56,57,58)(H2,35,39,41,42,44)(H3,36,37,40,43,45,46). The highest BCUT2D eigenvalue weighted by atomic mass is 32.2. The first-order valence-corrected chi connectivity index (χ1v) is 21.4. The third-order valence-corrected chi connectivity index (χ3v) is 9.80. The van der Waals surface area contributed by atoms with Crippen LogP contribution in [-0.2, 0) is 29.7 Å². The summed E-state index contributed by atoms with van der Waals surface area (Å²) in [6, 6.07) is 7.48. The van der Waals surface area contributed by atoms with Gasteiger partial charge in [-0.2, -0.15) is 46.7 Å². The van der Waals surface area contributed by atoms with Crippen molar-refractivity contribution < 1.29 is 66.2 Å². The van der Waals surface area contributed by atoms with Crippen molar-refractivity contribution in [3.8, 4) is 0 Å². The van der Waals surface area contributed by atoms with Crippen LogP contribution in [0.4, 0.5) is 41.1 Å². The van der Waals surface area contributed by atoms with Crippen molar-refractivity contribution in [2.24, 2.45) is 0 Å². The quantitative estimate of drug-likeness (QED) is 0.0139. The minimum Gasteiger partial charge on any atom is -0.396 e. The number of hydrogen-bond donors (Lipinski definition) is 14. The smallest absolute Gasteiger partial charge is 0.295 e. The minimum absolute atomic E-state index is 0.0236. The molecule has 2 heterocycles. The number of ether oxygens (including phenoxy) is 2. The minimum atomic E-state index is -4.93.